The maximum absolute atomic E-state index is 15.1. The number of thiophene rings is 1. The van der Waals surface area contributed by atoms with Crippen molar-refractivity contribution < 1.29 is 23.5 Å². The van der Waals surface area contributed by atoms with Gasteiger partial charge in [0, 0.05) is 31.9 Å². The highest BCUT2D eigenvalue weighted by Crippen LogP contribution is 2.25. The number of anilines is 2. The lowest BCUT2D eigenvalue weighted by Gasteiger charge is -2.36. The Morgan fingerprint density at radius 3 is 2.55 bits per heavy atom. The van der Waals surface area contributed by atoms with E-state index in [1.165, 1.54) is 17.0 Å². The Kier molecular flexibility index (Phi) is 10.3. The van der Waals surface area contributed by atoms with Gasteiger partial charge in [-0.2, -0.15) is 0 Å². The fourth-order valence-electron chi connectivity index (χ4n) is 4.26. The summed E-state index contributed by atoms with van der Waals surface area (Å²) in [5, 5.41) is 5.56. The van der Waals surface area contributed by atoms with Crippen LogP contribution in [-0.2, 0) is 14.3 Å². The zero-order chi connectivity index (χ0) is 28.0. The van der Waals surface area contributed by atoms with Crippen molar-refractivity contribution in [3.63, 3.8) is 0 Å². The molecule has 0 spiro atoms. The van der Waals surface area contributed by atoms with Crippen molar-refractivity contribution in [2.45, 2.75) is 40.7 Å². The number of rotatable bonds is 10. The zero-order valence-electron chi connectivity index (χ0n) is 22.5. The molecule has 208 valence electrons. The molecule has 1 saturated heterocycles. The summed E-state index contributed by atoms with van der Waals surface area (Å²) < 4.78 is 20.7. The topological polar surface area (TPSA) is 91.0 Å². The highest BCUT2D eigenvalue weighted by Gasteiger charge is 2.31. The molecule has 0 saturated carbocycles. The first kappa shape index (κ1) is 30.0. The molecule has 1 fully saturated rings. The number of carbonyl (C=O) groups excluding carboxylic acids is 3. The van der Waals surface area contributed by atoms with Crippen LogP contribution in [-0.4, -0.2) is 68.1 Å². The maximum Gasteiger partial charge on any atom is 0.261 e. The van der Waals surface area contributed by atoms with Gasteiger partial charge in [0.1, 0.15) is 18.5 Å². The van der Waals surface area contributed by atoms with E-state index in [4.69, 9.17) is 16.3 Å². The molecule has 1 aliphatic heterocycles. The highest BCUT2D eigenvalue weighted by atomic mass is 35.5. The summed E-state index contributed by atoms with van der Waals surface area (Å²) in [4.78, 5) is 42.4. The van der Waals surface area contributed by atoms with Crippen LogP contribution < -0.4 is 15.5 Å². The summed E-state index contributed by atoms with van der Waals surface area (Å²) >= 11 is 7.13. The third kappa shape index (κ3) is 8.49. The van der Waals surface area contributed by atoms with Gasteiger partial charge in [-0.3, -0.25) is 19.3 Å². The van der Waals surface area contributed by atoms with Gasteiger partial charge in [-0.15, -0.1) is 11.3 Å². The van der Waals surface area contributed by atoms with E-state index >= 15 is 4.39 Å². The van der Waals surface area contributed by atoms with Crippen LogP contribution in [0.25, 0.3) is 0 Å². The van der Waals surface area contributed by atoms with E-state index in [0.29, 0.717) is 41.1 Å². The van der Waals surface area contributed by atoms with Gasteiger partial charge in [0.15, 0.2) is 0 Å². The fraction of sp³-hybridized carbons (Fsp3) is 0.519. The van der Waals surface area contributed by atoms with Crippen molar-refractivity contribution in [2.24, 2.45) is 11.3 Å². The minimum Gasteiger partial charge on any atom is -0.370 e. The van der Waals surface area contributed by atoms with Crippen LogP contribution in [0.3, 0.4) is 0 Å². The SMILES string of the molecule is CC(C)CN(CC(C)(C)C)[C@@H](CNC(=O)c1ccc(Cl)s1)C(=O)Nc1ccc(N2CCOCC2=O)cc1F. The summed E-state index contributed by atoms with van der Waals surface area (Å²) in [6.45, 7) is 12.2. The molecule has 0 aliphatic carbocycles. The van der Waals surface area contributed by atoms with Crippen molar-refractivity contribution in [1.82, 2.24) is 10.2 Å². The Hall–Kier alpha value is -2.53. The highest BCUT2D eigenvalue weighted by molar-refractivity contribution is 7.18. The second-order valence-electron chi connectivity index (χ2n) is 11.0. The lowest BCUT2D eigenvalue weighted by molar-refractivity contribution is -0.125. The van der Waals surface area contributed by atoms with Crippen LogP contribution in [0.1, 0.15) is 44.3 Å². The molecule has 3 rings (SSSR count). The number of ether oxygens (including phenoxy) is 1. The Morgan fingerprint density at radius 1 is 1.24 bits per heavy atom. The standard InChI is InChI=1S/C27H36ClFN4O4S/c1-17(2)14-32(16-27(3,4)5)21(13-30-26(36)22-8-9-23(28)38-22)25(35)31-20-7-6-18(12-19(20)29)33-10-11-37-15-24(33)34/h6-9,12,17,21H,10-11,13-16H2,1-5H3,(H,30,36)(H,31,35)/t21-/m0/s1. The van der Waals surface area contributed by atoms with Gasteiger partial charge in [-0.25, -0.2) is 4.39 Å². The van der Waals surface area contributed by atoms with Gasteiger partial charge in [-0.05, 0) is 41.7 Å². The molecule has 1 aliphatic rings. The van der Waals surface area contributed by atoms with Crippen LogP contribution in [0.2, 0.25) is 4.34 Å². The van der Waals surface area contributed by atoms with Crippen molar-refractivity contribution in [1.29, 1.82) is 0 Å². The molecule has 0 radical (unpaired) electrons. The van der Waals surface area contributed by atoms with E-state index in [9.17, 15) is 14.4 Å². The molecule has 1 atom stereocenters. The van der Waals surface area contributed by atoms with E-state index in [1.54, 1.807) is 18.2 Å². The largest absolute Gasteiger partial charge is 0.370 e. The third-order valence-electron chi connectivity index (χ3n) is 5.78. The van der Waals surface area contributed by atoms with Crippen molar-refractivity contribution in [3.05, 3.63) is 45.4 Å². The van der Waals surface area contributed by atoms with E-state index in [0.717, 1.165) is 11.3 Å². The molecule has 0 bridgehead atoms. The summed E-state index contributed by atoms with van der Waals surface area (Å²) in [7, 11) is 0. The molecule has 2 aromatic rings. The van der Waals surface area contributed by atoms with Gasteiger partial charge in [-0.1, -0.05) is 46.2 Å². The van der Waals surface area contributed by atoms with Crippen LogP contribution in [0.15, 0.2) is 30.3 Å². The molecule has 3 amide bonds. The van der Waals surface area contributed by atoms with Crippen molar-refractivity contribution >= 4 is 52.0 Å². The van der Waals surface area contributed by atoms with E-state index in [2.05, 4.69) is 45.3 Å². The number of amides is 3. The normalized spacial score (nSPS) is 15.2. The number of hydrogen-bond donors (Lipinski definition) is 2. The summed E-state index contributed by atoms with van der Waals surface area (Å²) in [6.07, 6.45) is 0. The van der Waals surface area contributed by atoms with Gasteiger partial charge in [0.2, 0.25) is 5.91 Å². The van der Waals surface area contributed by atoms with Crippen molar-refractivity contribution in [2.75, 3.05) is 49.6 Å². The summed E-state index contributed by atoms with van der Waals surface area (Å²) in [6, 6.07) is 6.81. The van der Waals surface area contributed by atoms with Crippen LogP contribution in [0, 0.1) is 17.2 Å². The molecule has 1 aromatic carbocycles. The Labute approximate surface area is 232 Å². The maximum atomic E-state index is 15.1. The van der Waals surface area contributed by atoms with Crippen molar-refractivity contribution in [3.8, 4) is 0 Å². The van der Waals surface area contributed by atoms with E-state index < -0.39 is 17.8 Å². The Morgan fingerprint density at radius 2 is 1.97 bits per heavy atom. The molecule has 8 nitrogen and oxygen atoms in total. The molecule has 2 N–H and O–H groups in total. The first-order valence-corrected chi connectivity index (χ1v) is 13.8. The quantitative estimate of drug-likeness (QED) is 0.437. The number of hydrogen-bond acceptors (Lipinski definition) is 6. The number of nitrogens with one attached hydrogen (secondary N) is 2. The minimum absolute atomic E-state index is 0.000999. The summed E-state index contributed by atoms with van der Waals surface area (Å²) in [5.74, 6) is -1.42. The number of nitrogens with zero attached hydrogens (tertiary/aromatic N) is 2. The lowest BCUT2D eigenvalue weighted by atomic mass is 9.94. The second-order valence-corrected chi connectivity index (χ2v) is 12.7. The average molecular weight is 567 g/mol. The molecule has 11 heteroatoms. The fourth-order valence-corrected chi connectivity index (χ4v) is 5.22. The van der Waals surface area contributed by atoms with Crippen LogP contribution >= 0.6 is 22.9 Å². The molecule has 38 heavy (non-hydrogen) atoms. The molecular weight excluding hydrogens is 531 g/mol. The number of carbonyl (C=O) groups is 3. The van der Waals surface area contributed by atoms with Gasteiger partial charge in [0.05, 0.1) is 21.5 Å². The number of halogens is 2. The first-order valence-electron chi connectivity index (χ1n) is 12.6. The second kappa shape index (κ2) is 13.0. The molecule has 1 aromatic heterocycles. The van der Waals surface area contributed by atoms with E-state index in [-0.39, 0.29) is 42.0 Å². The predicted molar refractivity (Wildman–Crippen MR) is 150 cm³/mol. The van der Waals surface area contributed by atoms with Crippen LogP contribution in [0.5, 0.6) is 0 Å². The average Bonchev–Trinajstić information content (AvgIpc) is 3.25. The predicted octanol–water partition coefficient (Wildman–Crippen LogP) is 4.65. The van der Waals surface area contributed by atoms with Gasteiger partial charge >= 0.3 is 0 Å². The van der Waals surface area contributed by atoms with Crippen LogP contribution in [0.4, 0.5) is 15.8 Å². The lowest BCUT2D eigenvalue weighted by Crippen LogP contribution is -2.53. The Bertz CT molecular complexity index is 1150. The molecular formula is C27H36ClFN4O4S. The molecule has 2 heterocycles. The number of benzene rings is 1. The Balaban J connectivity index is 1.82. The summed E-state index contributed by atoms with van der Waals surface area (Å²) in [5.41, 5.74) is 0.276. The number of morpholine rings is 1. The van der Waals surface area contributed by atoms with Gasteiger partial charge in [0.25, 0.3) is 11.8 Å². The zero-order valence-corrected chi connectivity index (χ0v) is 24.0. The first-order chi connectivity index (χ1) is 17.8. The van der Waals surface area contributed by atoms with E-state index in [1.807, 2.05) is 4.90 Å². The monoisotopic (exact) mass is 566 g/mol. The minimum atomic E-state index is -0.754. The van der Waals surface area contributed by atoms with Gasteiger partial charge < -0.3 is 20.3 Å². The smallest absolute Gasteiger partial charge is 0.261 e. The molecule has 0 unspecified atom stereocenters. The third-order valence-corrected chi connectivity index (χ3v) is 7.01.